The number of likely N-dealkylation sites (tertiary alicyclic amines) is 1. The van der Waals surface area contributed by atoms with E-state index in [9.17, 15) is 14.4 Å². The Morgan fingerprint density at radius 1 is 1.06 bits per heavy atom. The van der Waals surface area contributed by atoms with Crippen LogP contribution in [0.2, 0.25) is 0 Å². The molecule has 1 aromatic rings. The number of amides is 3. The molecule has 1 aromatic carbocycles. The van der Waals surface area contributed by atoms with E-state index in [0.29, 0.717) is 44.9 Å². The van der Waals surface area contributed by atoms with Gasteiger partial charge in [-0.2, -0.15) is 0 Å². The summed E-state index contributed by atoms with van der Waals surface area (Å²) in [5.74, 6) is 0.954. The third-order valence-electron chi connectivity index (χ3n) is 6.94. The molecule has 174 valence electrons. The average Bonchev–Trinajstić information content (AvgIpc) is 3.24. The molecule has 0 aliphatic carbocycles. The predicted molar refractivity (Wildman–Crippen MR) is 119 cm³/mol. The summed E-state index contributed by atoms with van der Waals surface area (Å²) in [4.78, 5) is 41.6. The first-order chi connectivity index (χ1) is 15.5. The molecule has 0 saturated carbocycles. The van der Waals surface area contributed by atoms with Crippen LogP contribution in [-0.2, 0) is 19.1 Å². The molecule has 0 unspecified atom stereocenters. The molecule has 3 aliphatic heterocycles. The van der Waals surface area contributed by atoms with E-state index in [-0.39, 0.29) is 36.0 Å². The van der Waals surface area contributed by atoms with Gasteiger partial charge in [-0.3, -0.25) is 14.4 Å². The Bertz CT molecular complexity index is 813. The minimum absolute atomic E-state index is 0.0235. The highest BCUT2D eigenvalue weighted by molar-refractivity contribution is 6.00. The van der Waals surface area contributed by atoms with Gasteiger partial charge in [-0.25, -0.2) is 0 Å². The van der Waals surface area contributed by atoms with E-state index in [1.807, 2.05) is 29.2 Å². The number of nitrogens with zero attached hydrogens (tertiary/aromatic N) is 2. The second-order valence-electron chi connectivity index (χ2n) is 9.00. The fourth-order valence-electron chi connectivity index (χ4n) is 4.84. The molecule has 4 rings (SSSR count). The number of piperidine rings is 1. The minimum Gasteiger partial charge on any atom is -0.497 e. The van der Waals surface area contributed by atoms with Crippen molar-refractivity contribution in [1.82, 2.24) is 10.2 Å². The van der Waals surface area contributed by atoms with Gasteiger partial charge >= 0.3 is 0 Å². The summed E-state index contributed by atoms with van der Waals surface area (Å²) in [6.45, 7) is 3.81. The first-order valence-corrected chi connectivity index (χ1v) is 11.6. The van der Waals surface area contributed by atoms with Gasteiger partial charge in [0, 0.05) is 57.4 Å². The van der Waals surface area contributed by atoms with Crippen molar-refractivity contribution >= 4 is 23.4 Å². The van der Waals surface area contributed by atoms with Crippen molar-refractivity contribution in [1.29, 1.82) is 0 Å². The molecule has 1 atom stereocenters. The van der Waals surface area contributed by atoms with E-state index < -0.39 is 0 Å². The molecule has 3 heterocycles. The van der Waals surface area contributed by atoms with Crippen LogP contribution >= 0.6 is 0 Å². The van der Waals surface area contributed by atoms with Gasteiger partial charge in [-0.05, 0) is 55.9 Å². The maximum absolute atomic E-state index is 13.0. The number of hydrogen-bond donors (Lipinski definition) is 1. The molecule has 3 saturated heterocycles. The van der Waals surface area contributed by atoms with Crippen molar-refractivity contribution in [3.63, 3.8) is 0 Å². The number of carbonyl (C=O) groups excluding carboxylic acids is 3. The normalized spacial score (nSPS) is 22.8. The van der Waals surface area contributed by atoms with Gasteiger partial charge in [-0.1, -0.05) is 0 Å². The van der Waals surface area contributed by atoms with Crippen molar-refractivity contribution < 1.29 is 23.9 Å². The summed E-state index contributed by atoms with van der Waals surface area (Å²) in [5, 5.41) is 3.10. The molecule has 1 N–H and O–H groups in total. The van der Waals surface area contributed by atoms with Crippen LogP contribution in [0.5, 0.6) is 5.75 Å². The zero-order valence-electron chi connectivity index (χ0n) is 18.8. The van der Waals surface area contributed by atoms with Gasteiger partial charge in [0.15, 0.2) is 0 Å². The Hall–Kier alpha value is -2.61. The van der Waals surface area contributed by atoms with Crippen LogP contribution in [0.15, 0.2) is 24.3 Å². The van der Waals surface area contributed by atoms with Crippen molar-refractivity contribution in [3.8, 4) is 5.75 Å². The summed E-state index contributed by atoms with van der Waals surface area (Å²) in [6.07, 6.45) is 3.58. The van der Waals surface area contributed by atoms with E-state index >= 15 is 0 Å². The van der Waals surface area contributed by atoms with Crippen LogP contribution in [0.3, 0.4) is 0 Å². The van der Waals surface area contributed by atoms with E-state index in [0.717, 1.165) is 37.5 Å². The largest absolute Gasteiger partial charge is 0.497 e. The highest BCUT2D eigenvalue weighted by atomic mass is 16.5. The Morgan fingerprint density at radius 2 is 1.75 bits per heavy atom. The lowest BCUT2D eigenvalue weighted by Gasteiger charge is -2.33. The summed E-state index contributed by atoms with van der Waals surface area (Å²) < 4.78 is 10.5. The third-order valence-corrected chi connectivity index (χ3v) is 6.94. The highest BCUT2D eigenvalue weighted by Crippen LogP contribution is 2.29. The van der Waals surface area contributed by atoms with Crippen LogP contribution in [0.25, 0.3) is 0 Å². The van der Waals surface area contributed by atoms with Crippen LogP contribution in [0, 0.1) is 17.8 Å². The Balaban J connectivity index is 1.24. The lowest BCUT2D eigenvalue weighted by atomic mass is 9.94. The number of carbonyl (C=O) groups is 3. The Labute approximate surface area is 189 Å². The molecule has 3 fully saturated rings. The maximum atomic E-state index is 13.0. The van der Waals surface area contributed by atoms with Gasteiger partial charge in [0.2, 0.25) is 17.7 Å². The molecule has 32 heavy (non-hydrogen) atoms. The minimum atomic E-state index is -0.330. The number of anilines is 1. The first kappa shape index (κ1) is 22.6. The molecule has 3 amide bonds. The molecule has 0 aromatic heterocycles. The van der Waals surface area contributed by atoms with Crippen LogP contribution < -0.4 is 15.0 Å². The molecular weight excluding hydrogens is 410 g/mol. The topological polar surface area (TPSA) is 88.2 Å². The number of methoxy groups -OCH3 is 1. The zero-order chi connectivity index (χ0) is 22.5. The predicted octanol–water partition coefficient (Wildman–Crippen LogP) is 1.83. The Kier molecular flexibility index (Phi) is 7.29. The van der Waals surface area contributed by atoms with Crippen LogP contribution in [0.1, 0.15) is 32.1 Å². The number of hydrogen-bond acceptors (Lipinski definition) is 5. The summed E-state index contributed by atoms with van der Waals surface area (Å²) >= 11 is 0. The Morgan fingerprint density at radius 3 is 2.41 bits per heavy atom. The standard InChI is InChI=1S/C24H33N3O5/c1-31-21-4-2-20(3-5-21)27-16-19(14-22(27)28)24(30)26-10-6-18(7-11-26)23(29)25-15-17-8-12-32-13-9-17/h2-5,17-19H,6-16H2,1H3,(H,25,29)/t19-/m1/s1. The number of rotatable bonds is 6. The van der Waals surface area contributed by atoms with Crippen molar-refractivity contribution in [2.45, 2.75) is 32.1 Å². The van der Waals surface area contributed by atoms with E-state index in [1.165, 1.54) is 0 Å². The summed E-state index contributed by atoms with van der Waals surface area (Å²) in [5.41, 5.74) is 0.783. The summed E-state index contributed by atoms with van der Waals surface area (Å²) in [6, 6.07) is 7.31. The van der Waals surface area contributed by atoms with Gasteiger partial charge < -0.3 is 24.6 Å². The van der Waals surface area contributed by atoms with E-state index in [1.54, 1.807) is 12.0 Å². The van der Waals surface area contributed by atoms with Crippen molar-refractivity contribution in [2.75, 3.05) is 51.4 Å². The van der Waals surface area contributed by atoms with Gasteiger partial charge in [-0.15, -0.1) is 0 Å². The number of benzene rings is 1. The quantitative estimate of drug-likeness (QED) is 0.725. The fourth-order valence-corrected chi connectivity index (χ4v) is 4.84. The molecule has 0 spiro atoms. The van der Waals surface area contributed by atoms with Gasteiger partial charge in [0.25, 0.3) is 0 Å². The number of ether oxygens (including phenoxy) is 2. The smallest absolute Gasteiger partial charge is 0.228 e. The maximum Gasteiger partial charge on any atom is 0.228 e. The van der Waals surface area contributed by atoms with Crippen molar-refractivity contribution in [2.24, 2.45) is 17.8 Å². The summed E-state index contributed by atoms with van der Waals surface area (Å²) in [7, 11) is 1.60. The lowest BCUT2D eigenvalue weighted by molar-refractivity contribution is -0.139. The SMILES string of the molecule is COc1ccc(N2C[C@H](C(=O)N3CCC(C(=O)NCC4CCOCC4)CC3)CC2=O)cc1. The van der Waals surface area contributed by atoms with Crippen LogP contribution in [-0.4, -0.2) is 69.1 Å². The fraction of sp³-hybridized carbons (Fsp3) is 0.625. The molecule has 0 bridgehead atoms. The van der Waals surface area contributed by atoms with Gasteiger partial charge in [0.1, 0.15) is 5.75 Å². The molecule has 3 aliphatic rings. The van der Waals surface area contributed by atoms with Crippen molar-refractivity contribution in [3.05, 3.63) is 24.3 Å². The monoisotopic (exact) mass is 443 g/mol. The highest BCUT2D eigenvalue weighted by Gasteiger charge is 2.38. The average molecular weight is 444 g/mol. The molecular formula is C24H33N3O5. The first-order valence-electron chi connectivity index (χ1n) is 11.6. The van der Waals surface area contributed by atoms with Crippen LogP contribution in [0.4, 0.5) is 5.69 Å². The molecule has 8 nitrogen and oxygen atoms in total. The van der Waals surface area contributed by atoms with Gasteiger partial charge in [0.05, 0.1) is 13.0 Å². The lowest BCUT2D eigenvalue weighted by Crippen LogP contribution is -2.46. The second kappa shape index (κ2) is 10.3. The molecule has 8 heteroatoms. The second-order valence-corrected chi connectivity index (χ2v) is 9.00. The zero-order valence-corrected chi connectivity index (χ0v) is 18.8. The van der Waals surface area contributed by atoms with E-state index in [4.69, 9.17) is 9.47 Å². The third kappa shape index (κ3) is 5.23. The number of nitrogens with one attached hydrogen (secondary N) is 1. The molecule has 0 radical (unpaired) electrons. The van der Waals surface area contributed by atoms with E-state index in [2.05, 4.69) is 5.32 Å².